The topological polar surface area (TPSA) is 142 Å². The van der Waals surface area contributed by atoms with Crippen molar-refractivity contribution in [3.05, 3.63) is 106 Å². The average Bonchev–Trinajstić information content (AvgIpc) is 3.72. The third kappa shape index (κ3) is 10.2. The summed E-state index contributed by atoms with van der Waals surface area (Å²) in [6.07, 6.45) is 9.71. The molecule has 16 heteroatoms. The van der Waals surface area contributed by atoms with Crippen LogP contribution in [0.5, 0.6) is 17.4 Å². The maximum atomic E-state index is 13.9. The Labute approximate surface area is 378 Å². The number of carbonyl (C=O) groups is 1. The van der Waals surface area contributed by atoms with Crippen LogP contribution in [-0.4, -0.2) is 111 Å². The molecule has 1 amide bonds. The molecule has 0 atom stereocenters. The third-order valence-electron chi connectivity index (χ3n) is 12.9. The lowest BCUT2D eigenvalue weighted by molar-refractivity contribution is -0.0750. The van der Waals surface area contributed by atoms with Crippen LogP contribution in [0, 0.1) is 11.3 Å². The molecule has 6 heterocycles. The number of H-pyrrole nitrogens is 1. The summed E-state index contributed by atoms with van der Waals surface area (Å²) in [6.45, 7) is 12.8. The highest BCUT2D eigenvalue weighted by Crippen LogP contribution is 2.43. The number of piperazine rings is 1. The summed E-state index contributed by atoms with van der Waals surface area (Å²) in [4.78, 5) is 32.6. The highest BCUT2D eigenvalue weighted by molar-refractivity contribution is 7.90. The second kappa shape index (κ2) is 18.4. The summed E-state index contributed by atoms with van der Waals surface area (Å²) in [5, 5.41) is 1.60. The second-order valence-electron chi connectivity index (χ2n) is 17.9. The Morgan fingerprint density at radius 1 is 0.952 bits per heavy atom. The van der Waals surface area contributed by atoms with Crippen molar-refractivity contribution in [2.24, 2.45) is 11.3 Å². The number of amides is 1. The standard InChI is InChI=1S/C47H53Cl2N7O6S/c1-47(2)13-9-34(41(24-47)32-3-5-35(48)6-4-32)27-54-17-19-56(20-18-54)36-7-8-40(43(22-36)62-38-21-33-10-14-50-44(33)51-25-38)45(57)53-63(58,59)39-23-42(49)46(52-26-39)61-28-31-11-15-55(16-12-31)37-29-60-30-37/h3-8,10,14,21-23,25-26,31,37H,9,11-13,15-20,24,27-30H2,1-2H3,(H,50,51)(H,53,57). The van der Waals surface area contributed by atoms with E-state index in [1.165, 1.54) is 22.8 Å². The number of anilines is 1. The van der Waals surface area contributed by atoms with Crippen LogP contribution in [0.1, 0.15) is 61.9 Å². The van der Waals surface area contributed by atoms with Gasteiger partial charge >= 0.3 is 0 Å². The number of allylic oxidation sites excluding steroid dienone is 1. The van der Waals surface area contributed by atoms with E-state index in [1.54, 1.807) is 24.5 Å². The lowest BCUT2D eigenvalue weighted by Crippen LogP contribution is -2.52. The van der Waals surface area contributed by atoms with Crippen molar-refractivity contribution in [2.45, 2.75) is 56.9 Å². The van der Waals surface area contributed by atoms with Crippen molar-refractivity contribution in [2.75, 3.05) is 70.5 Å². The lowest BCUT2D eigenvalue weighted by Gasteiger charge is -2.41. The molecular weight excluding hydrogens is 862 g/mol. The number of sulfonamides is 1. The molecule has 332 valence electrons. The molecule has 3 aliphatic heterocycles. The minimum Gasteiger partial charge on any atom is -0.476 e. The van der Waals surface area contributed by atoms with E-state index in [-0.39, 0.29) is 32.5 Å². The van der Waals surface area contributed by atoms with Gasteiger partial charge in [-0.25, -0.2) is 23.1 Å². The molecule has 13 nitrogen and oxygen atoms in total. The van der Waals surface area contributed by atoms with Gasteiger partial charge in [0.05, 0.1) is 43.8 Å². The van der Waals surface area contributed by atoms with E-state index in [4.69, 9.17) is 37.4 Å². The number of fused-ring (bicyclic) bond motifs is 1. The smallest absolute Gasteiger partial charge is 0.268 e. The quantitative estimate of drug-likeness (QED) is 0.118. The number of carbonyl (C=O) groups excluding carboxylic acids is 1. The molecular formula is C47H53Cl2N7O6S. The monoisotopic (exact) mass is 913 g/mol. The number of pyridine rings is 2. The van der Waals surface area contributed by atoms with Gasteiger partial charge < -0.3 is 24.1 Å². The predicted molar refractivity (Wildman–Crippen MR) is 246 cm³/mol. The number of hydrogen-bond acceptors (Lipinski definition) is 11. The second-order valence-corrected chi connectivity index (χ2v) is 20.5. The van der Waals surface area contributed by atoms with E-state index in [0.717, 1.165) is 113 Å². The highest BCUT2D eigenvalue weighted by Gasteiger charge is 2.32. The number of benzene rings is 2. The number of aromatic amines is 1. The van der Waals surface area contributed by atoms with Crippen LogP contribution in [-0.2, 0) is 14.8 Å². The first-order valence-electron chi connectivity index (χ1n) is 21.7. The number of nitrogens with zero attached hydrogens (tertiary/aromatic N) is 5. The zero-order valence-electron chi connectivity index (χ0n) is 35.6. The summed E-state index contributed by atoms with van der Waals surface area (Å²) in [5.41, 5.74) is 5.98. The molecule has 0 bridgehead atoms. The normalized spacial score (nSPS) is 19.3. The fraction of sp³-hybridized carbons (Fsp3) is 0.426. The van der Waals surface area contributed by atoms with Gasteiger partial charge in [0.2, 0.25) is 5.88 Å². The first-order valence-corrected chi connectivity index (χ1v) is 24.0. The van der Waals surface area contributed by atoms with E-state index in [0.29, 0.717) is 30.0 Å². The molecule has 0 unspecified atom stereocenters. The number of aromatic nitrogens is 3. The first-order chi connectivity index (χ1) is 30.4. The highest BCUT2D eigenvalue weighted by atomic mass is 35.5. The largest absolute Gasteiger partial charge is 0.476 e. The summed E-state index contributed by atoms with van der Waals surface area (Å²) in [7, 11) is -4.40. The van der Waals surface area contributed by atoms with Gasteiger partial charge in [-0.3, -0.25) is 14.6 Å². The van der Waals surface area contributed by atoms with Crippen molar-refractivity contribution in [1.82, 2.24) is 29.5 Å². The van der Waals surface area contributed by atoms with Crippen LogP contribution in [0.25, 0.3) is 16.6 Å². The Balaban J connectivity index is 0.882. The summed E-state index contributed by atoms with van der Waals surface area (Å²) < 4.78 is 47.2. The van der Waals surface area contributed by atoms with Crippen molar-refractivity contribution in [3.8, 4) is 17.4 Å². The third-order valence-corrected chi connectivity index (χ3v) is 14.7. The van der Waals surface area contributed by atoms with Gasteiger partial charge in [-0.1, -0.05) is 54.8 Å². The molecule has 0 saturated carbocycles. The van der Waals surface area contributed by atoms with Gasteiger partial charge in [0.1, 0.15) is 27.1 Å². The van der Waals surface area contributed by atoms with Gasteiger partial charge in [-0.2, -0.15) is 0 Å². The van der Waals surface area contributed by atoms with Crippen LogP contribution in [0.2, 0.25) is 10.0 Å². The SMILES string of the molecule is CC1(C)CCC(CN2CCN(c3ccc(C(=O)NS(=O)(=O)c4cnc(OCC5CCN(C6COC6)CC5)c(Cl)c4)c(Oc4cnc5[nH]ccc5c4)c3)CC2)=C(c2ccc(Cl)cc2)C1. The molecule has 3 fully saturated rings. The fourth-order valence-corrected chi connectivity index (χ4v) is 10.3. The molecule has 2 N–H and O–H groups in total. The minimum absolute atomic E-state index is 0.0342. The molecule has 3 saturated heterocycles. The Morgan fingerprint density at radius 3 is 2.46 bits per heavy atom. The Bertz CT molecular complexity index is 2600. The number of piperidine rings is 1. The molecule has 0 spiro atoms. The molecule has 9 rings (SSSR count). The van der Waals surface area contributed by atoms with Gasteiger partial charge in [0.25, 0.3) is 15.9 Å². The van der Waals surface area contributed by atoms with Gasteiger partial charge in [-0.15, -0.1) is 0 Å². The molecule has 4 aliphatic rings. The molecule has 63 heavy (non-hydrogen) atoms. The van der Waals surface area contributed by atoms with Crippen molar-refractivity contribution >= 4 is 61.4 Å². The van der Waals surface area contributed by atoms with Crippen molar-refractivity contribution < 1.29 is 27.4 Å². The summed E-state index contributed by atoms with van der Waals surface area (Å²) >= 11 is 12.8. The molecule has 0 radical (unpaired) electrons. The predicted octanol–water partition coefficient (Wildman–Crippen LogP) is 8.45. The van der Waals surface area contributed by atoms with Gasteiger partial charge in [0.15, 0.2) is 0 Å². The molecule has 3 aromatic heterocycles. The maximum absolute atomic E-state index is 13.9. The number of ether oxygens (including phenoxy) is 3. The fourth-order valence-electron chi connectivity index (χ4n) is 8.99. The maximum Gasteiger partial charge on any atom is 0.268 e. The zero-order valence-corrected chi connectivity index (χ0v) is 37.9. The van der Waals surface area contributed by atoms with Crippen molar-refractivity contribution in [1.29, 1.82) is 0 Å². The molecule has 2 aromatic carbocycles. The Kier molecular flexibility index (Phi) is 12.7. The first kappa shape index (κ1) is 43.5. The number of halogens is 2. The van der Waals surface area contributed by atoms with Crippen LogP contribution in [0.15, 0.2) is 89.7 Å². The molecule has 1 aliphatic carbocycles. The lowest BCUT2D eigenvalue weighted by atomic mass is 9.72. The Morgan fingerprint density at radius 2 is 1.73 bits per heavy atom. The Hall–Kier alpha value is -4.70. The number of rotatable bonds is 13. The van der Waals surface area contributed by atoms with Crippen molar-refractivity contribution in [3.63, 3.8) is 0 Å². The van der Waals surface area contributed by atoms with E-state index in [9.17, 15) is 13.2 Å². The van der Waals surface area contributed by atoms with Crippen LogP contribution < -0.4 is 19.1 Å². The van der Waals surface area contributed by atoms with E-state index in [1.807, 2.05) is 30.3 Å². The van der Waals surface area contributed by atoms with Crippen LogP contribution in [0.3, 0.4) is 0 Å². The van der Waals surface area contributed by atoms with Crippen LogP contribution in [0.4, 0.5) is 5.69 Å². The summed E-state index contributed by atoms with van der Waals surface area (Å²) in [5.74, 6) is 0.200. The molecule has 5 aromatic rings. The van der Waals surface area contributed by atoms with E-state index < -0.39 is 15.9 Å². The number of likely N-dealkylation sites (tertiary alicyclic amines) is 1. The van der Waals surface area contributed by atoms with Gasteiger partial charge in [-0.05, 0) is 110 Å². The van der Waals surface area contributed by atoms with E-state index >= 15 is 0 Å². The minimum atomic E-state index is -4.40. The van der Waals surface area contributed by atoms with E-state index in [2.05, 4.69) is 60.4 Å². The zero-order chi connectivity index (χ0) is 43.7. The number of hydrogen-bond donors (Lipinski definition) is 2. The number of nitrogens with one attached hydrogen (secondary N) is 2. The average molecular weight is 915 g/mol. The van der Waals surface area contributed by atoms with Gasteiger partial charge in [0, 0.05) is 61.1 Å². The summed E-state index contributed by atoms with van der Waals surface area (Å²) in [6, 6.07) is 18.9. The van der Waals surface area contributed by atoms with Crippen LogP contribution >= 0.6 is 23.2 Å².